The number of hydrogen-bond donors (Lipinski definition) is 0. The number of nitrogens with zero attached hydrogens (tertiary/aromatic N) is 1. The highest BCUT2D eigenvalue weighted by molar-refractivity contribution is 6.84. The number of carbonyl (C=O) groups excluding carboxylic acids is 1. The van der Waals surface area contributed by atoms with Gasteiger partial charge < -0.3 is 4.84 Å². The predicted octanol–water partition coefficient (Wildman–Crippen LogP) is 6.16. The topological polar surface area (TPSA) is 38.7 Å². The van der Waals surface area contributed by atoms with Crippen molar-refractivity contribution in [3.63, 3.8) is 0 Å². The zero-order valence-electron chi connectivity index (χ0n) is 16.7. The van der Waals surface area contributed by atoms with Crippen LogP contribution >= 0.6 is 11.6 Å². The fraction of sp³-hybridized carbons (Fsp3) is 0.0370. The zero-order valence-corrected chi connectivity index (χ0v) is 17.4. The van der Waals surface area contributed by atoms with Gasteiger partial charge in [0.25, 0.3) is 5.24 Å². The van der Waals surface area contributed by atoms with Crippen molar-refractivity contribution < 1.29 is 9.63 Å². The fourth-order valence-electron chi connectivity index (χ4n) is 3.59. The first kappa shape index (κ1) is 20.6. The van der Waals surface area contributed by atoms with Crippen LogP contribution in [0.4, 0.5) is 0 Å². The van der Waals surface area contributed by atoms with Gasteiger partial charge in [-0.25, -0.2) is 0 Å². The van der Waals surface area contributed by atoms with E-state index >= 15 is 0 Å². The van der Waals surface area contributed by atoms with Gasteiger partial charge in [-0.2, -0.15) is 0 Å². The van der Waals surface area contributed by atoms with E-state index in [-0.39, 0.29) is 5.71 Å². The van der Waals surface area contributed by atoms with Crippen LogP contribution in [0, 0.1) is 0 Å². The molecule has 0 amide bonds. The molecule has 0 aliphatic carbocycles. The summed E-state index contributed by atoms with van der Waals surface area (Å²) in [6.45, 7) is 0. The molecular formula is C27H20ClNO2. The van der Waals surface area contributed by atoms with Crippen LogP contribution in [0.15, 0.2) is 126 Å². The molecule has 0 N–H and O–H groups in total. The number of halogens is 1. The quantitative estimate of drug-likeness (QED) is 0.154. The molecule has 31 heavy (non-hydrogen) atoms. The summed E-state index contributed by atoms with van der Waals surface area (Å²) in [4.78, 5) is 18.6. The smallest absolute Gasteiger partial charge is 0.274 e. The van der Waals surface area contributed by atoms with Crippen LogP contribution in [-0.4, -0.2) is 11.0 Å². The van der Waals surface area contributed by atoms with E-state index in [4.69, 9.17) is 16.4 Å². The Morgan fingerprint density at radius 1 is 0.613 bits per heavy atom. The normalized spacial score (nSPS) is 11.7. The summed E-state index contributed by atoms with van der Waals surface area (Å²) >= 11 is 5.90. The monoisotopic (exact) mass is 425 g/mol. The number of hydrogen-bond acceptors (Lipinski definition) is 3. The van der Waals surface area contributed by atoms with Crippen molar-refractivity contribution in [1.82, 2.24) is 0 Å². The van der Waals surface area contributed by atoms with Crippen LogP contribution in [0.2, 0.25) is 0 Å². The van der Waals surface area contributed by atoms with E-state index in [2.05, 4.69) is 5.16 Å². The lowest BCUT2D eigenvalue weighted by Crippen LogP contribution is -2.32. The Bertz CT molecular complexity index is 1060. The molecule has 0 fully saturated rings. The third kappa shape index (κ3) is 4.27. The first-order valence-corrected chi connectivity index (χ1v) is 10.3. The first-order valence-electron chi connectivity index (χ1n) is 9.90. The van der Waals surface area contributed by atoms with E-state index in [0.717, 1.165) is 16.7 Å². The summed E-state index contributed by atoms with van der Waals surface area (Å²) in [7, 11) is 0. The van der Waals surface area contributed by atoms with Crippen molar-refractivity contribution in [3.8, 4) is 0 Å². The molecule has 4 heteroatoms. The summed E-state index contributed by atoms with van der Waals surface area (Å²) in [5.74, 6) is 0. The Kier molecular flexibility index (Phi) is 6.25. The van der Waals surface area contributed by atoms with Gasteiger partial charge in [0, 0.05) is 22.3 Å². The lowest BCUT2D eigenvalue weighted by Gasteiger charge is -2.33. The highest BCUT2D eigenvalue weighted by atomic mass is 35.5. The largest absolute Gasteiger partial charge is 0.374 e. The van der Waals surface area contributed by atoms with Crippen molar-refractivity contribution in [3.05, 3.63) is 144 Å². The van der Waals surface area contributed by atoms with Crippen LogP contribution in [0.5, 0.6) is 0 Å². The van der Waals surface area contributed by atoms with Gasteiger partial charge >= 0.3 is 0 Å². The maximum absolute atomic E-state index is 12.2. The molecule has 0 unspecified atom stereocenters. The second-order valence-corrected chi connectivity index (χ2v) is 7.29. The molecule has 0 bridgehead atoms. The summed E-state index contributed by atoms with van der Waals surface area (Å²) < 4.78 is 0. The van der Waals surface area contributed by atoms with Crippen LogP contribution in [0.1, 0.15) is 22.3 Å². The van der Waals surface area contributed by atoms with Crippen LogP contribution in [-0.2, 0) is 15.2 Å². The highest BCUT2D eigenvalue weighted by Gasteiger charge is 2.39. The van der Waals surface area contributed by atoms with Gasteiger partial charge in [0.1, 0.15) is 0 Å². The Labute approximate surface area is 186 Å². The molecule has 4 rings (SSSR count). The minimum Gasteiger partial charge on any atom is -0.374 e. The first-order chi connectivity index (χ1) is 15.2. The summed E-state index contributed by atoms with van der Waals surface area (Å²) in [6.07, 6.45) is 0. The van der Waals surface area contributed by atoms with Crippen LogP contribution in [0.3, 0.4) is 0 Å². The van der Waals surface area contributed by atoms with E-state index in [1.807, 2.05) is 109 Å². The average molecular weight is 426 g/mol. The average Bonchev–Trinajstić information content (AvgIpc) is 2.84. The highest BCUT2D eigenvalue weighted by Crippen LogP contribution is 2.40. The minimum absolute atomic E-state index is 0.0504. The van der Waals surface area contributed by atoms with Gasteiger partial charge in [-0.1, -0.05) is 126 Å². The molecule has 0 radical (unpaired) electrons. The van der Waals surface area contributed by atoms with Crippen LogP contribution < -0.4 is 0 Å². The van der Waals surface area contributed by atoms with Gasteiger partial charge in [-0.15, -0.1) is 0 Å². The van der Waals surface area contributed by atoms with E-state index in [1.165, 1.54) is 0 Å². The molecular weight excluding hydrogens is 406 g/mol. The number of carbonyl (C=O) groups is 1. The molecule has 0 aliphatic heterocycles. The zero-order chi connectivity index (χ0) is 21.5. The van der Waals surface area contributed by atoms with Crippen LogP contribution in [0.25, 0.3) is 0 Å². The lowest BCUT2D eigenvalue weighted by molar-refractivity contribution is -0.106. The van der Waals surface area contributed by atoms with Gasteiger partial charge in [0.15, 0.2) is 5.71 Å². The van der Waals surface area contributed by atoms with Gasteiger partial charge in [-0.3, -0.25) is 4.79 Å². The van der Waals surface area contributed by atoms with Gasteiger partial charge in [-0.05, 0) is 11.6 Å². The summed E-state index contributed by atoms with van der Waals surface area (Å²) in [6, 6.07) is 38.5. The number of oxime groups is 1. The Balaban J connectivity index is 1.95. The number of rotatable bonds is 7. The molecule has 0 heterocycles. The molecule has 4 aromatic carbocycles. The molecule has 0 spiro atoms. The maximum atomic E-state index is 12.2. The lowest BCUT2D eigenvalue weighted by atomic mass is 9.80. The third-order valence-corrected chi connectivity index (χ3v) is 5.23. The van der Waals surface area contributed by atoms with Gasteiger partial charge in [0.05, 0.1) is 0 Å². The van der Waals surface area contributed by atoms with E-state index in [1.54, 1.807) is 12.1 Å². The minimum atomic E-state index is -1.07. The third-order valence-electron chi connectivity index (χ3n) is 5.05. The number of benzene rings is 4. The Morgan fingerprint density at radius 3 is 1.32 bits per heavy atom. The molecule has 0 atom stereocenters. The second kappa shape index (κ2) is 9.41. The Morgan fingerprint density at radius 2 is 0.968 bits per heavy atom. The SMILES string of the molecule is O=C(Cl)/C(=N/OC(c1ccccc1)(c1ccccc1)c1ccccc1)c1ccccc1. The maximum Gasteiger partial charge on any atom is 0.274 e. The molecule has 3 nitrogen and oxygen atoms in total. The van der Waals surface area contributed by atoms with Crippen molar-refractivity contribution in [2.45, 2.75) is 5.60 Å². The van der Waals surface area contributed by atoms with Crippen molar-refractivity contribution in [2.24, 2.45) is 5.16 Å². The van der Waals surface area contributed by atoms with E-state index < -0.39 is 10.8 Å². The fourth-order valence-corrected chi connectivity index (χ4v) is 3.73. The standard InChI is InChI=1S/C27H20ClNO2/c28-26(30)25(21-13-5-1-6-14-21)29-31-27(22-15-7-2-8-16-22,23-17-9-3-10-18-23)24-19-11-4-12-20-24/h1-20H/b29-25+. The van der Waals surface area contributed by atoms with E-state index in [0.29, 0.717) is 5.56 Å². The molecule has 0 saturated carbocycles. The van der Waals surface area contributed by atoms with Crippen molar-refractivity contribution >= 4 is 22.6 Å². The summed E-state index contributed by atoms with van der Waals surface area (Å²) in [5, 5.41) is 3.64. The van der Waals surface area contributed by atoms with Gasteiger partial charge in [0.2, 0.25) is 5.60 Å². The van der Waals surface area contributed by atoms with Crippen molar-refractivity contribution in [2.75, 3.05) is 0 Å². The molecule has 0 aliphatic rings. The predicted molar refractivity (Wildman–Crippen MR) is 124 cm³/mol. The second-order valence-electron chi connectivity index (χ2n) is 6.95. The molecule has 0 saturated heterocycles. The molecule has 4 aromatic rings. The molecule has 0 aromatic heterocycles. The summed E-state index contributed by atoms with van der Waals surface area (Å²) in [5.41, 5.74) is 2.21. The molecule has 152 valence electrons. The van der Waals surface area contributed by atoms with Crippen molar-refractivity contribution in [1.29, 1.82) is 0 Å². The van der Waals surface area contributed by atoms with E-state index in [9.17, 15) is 4.79 Å². The Hall–Kier alpha value is -3.69.